The Morgan fingerprint density at radius 1 is 1.43 bits per heavy atom. The number of hydrogen-bond acceptors (Lipinski definition) is 2. The third-order valence-electron chi connectivity index (χ3n) is 2.26. The first-order valence-electron chi connectivity index (χ1n) is 4.61. The maximum atomic E-state index is 5.97. The zero-order chi connectivity index (χ0) is 9.97. The average molecular weight is 226 g/mol. The molecule has 74 valence electrons. The van der Waals surface area contributed by atoms with Crippen LogP contribution in [0.2, 0.25) is 5.02 Å². The summed E-state index contributed by atoms with van der Waals surface area (Å²) in [5, 5.41) is 7.50. The summed E-state index contributed by atoms with van der Waals surface area (Å²) < 4.78 is 1.32. The van der Waals surface area contributed by atoms with Crippen LogP contribution in [0.5, 0.6) is 0 Å². The molecule has 0 radical (unpaired) electrons. The molecule has 1 heterocycles. The summed E-state index contributed by atoms with van der Waals surface area (Å²) in [4.78, 5) is 0. The Balaban J connectivity index is 2.40. The van der Waals surface area contributed by atoms with Gasteiger partial charge in [0.1, 0.15) is 0 Å². The lowest BCUT2D eigenvalue weighted by Crippen LogP contribution is -2.09. The van der Waals surface area contributed by atoms with Crippen molar-refractivity contribution in [1.82, 2.24) is 5.32 Å². The highest BCUT2D eigenvalue weighted by atomic mass is 35.5. The minimum absolute atomic E-state index is 0.821. The Bertz CT molecular complexity index is 436. The summed E-state index contributed by atoms with van der Waals surface area (Å²) in [5.41, 5.74) is 1.39. The van der Waals surface area contributed by atoms with Crippen LogP contribution < -0.4 is 5.32 Å². The fraction of sp³-hybridized carbons (Fsp3) is 0.273. The zero-order valence-corrected chi connectivity index (χ0v) is 9.58. The lowest BCUT2D eigenvalue weighted by Gasteiger charge is -1.98. The van der Waals surface area contributed by atoms with Crippen molar-refractivity contribution >= 4 is 33.0 Å². The van der Waals surface area contributed by atoms with Crippen molar-refractivity contribution in [2.24, 2.45) is 0 Å². The van der Waals surface area contributed by atoms with Crippen LogP contribution in [-0.4, -0.2) is 13.6 Å². The predicted octanol–water partition coefficient (Wildman–Crippen LogP) is 3.32. The Morgan fingerprint density at radius 2 is 2.29 bits per heavy atom. The van der Waals surface area contributed by atoms with E-state index in [-0.39, 0.29) is 0 Å². The molecule has 0 bridgehead atoms. The molecule has 1 aromatic carbocycles. The summed E-state index contributed by atoms with van der Waals surface area (Å²) in [6.45, 7) is 1.01. The number of thiophene rings is 1. The van der Waals surface area contributed by atoms with Crippen LogP contribution in [0.1, 0.15) is 5.56 Å². The first-order valence-corrected chi connectivity index (χ1v) is 5.87. The van der Waals surface area contributed by atoms with Crippen LogP contribution in [0.4, 0.5) is 0 Å². The summed E-state index contributed by atoms with van der Waals surface area (Å²) in [6.07, 6.45) is 1.07. The van der Waals surface area contributed by atoms with E-state index in [0.29, 0.717) is 0 Å². The van der Waals surface area contributed by atoms with Gasteiger partial charge in [-0.3, -0.25) is 0 Å². The molecule has 0 unspecified atom stereocenters. The van der Waals surface area contributed by atoms with Crippen LogP contribution in [-0.2, 0) is 6.42 Å². The van der Waals surface area contributed by atoms with Crippen molar-refractivity contribution < 1.29 is 0 Å². The molecule has 1 aromatic heterocycles. The van der Waals surface area contributed by atoms with E-state index in [1.54, 1.807) is 11.3 Å². The van der Waals surface area contributed by atoms with Crippen LogP contribution in [0.15, 0.2) is 23.6 Å². The van der Waals surface area contributed by atoms with Crippen LogP contribution in [0, 0.1) is 0 Å². The largest absolute Gasteiger partial charge is 0.319 e. The van der Waals surface area contributed by atoms with E-state index >= 15 is 0 Å². The summed E-state index contributed by atoms with van der Waals surface area (Å²) >= 11 is 7.76. The lowest BCUT2D eigenvalue weighted by atomic mass is 10.1. The number of rotatable bonds is 3. The van der Waals surface area contributed by atoms with Crippen molar-refractivity contribution in [3.8, 4) is 0 Å². The van der Waals surface area contributed by atoms with Crippen LogP contribution >= 0.6 is 22.9 Å². The maximum absolute atomic E-state index is 5.97. The Kier molecular flexibility index (Phi) is 3.06. The van der Waals surface area contributed by atoms with E-state index in [4.69, 9.17) is 11.6 Å². The monoisotopic (exact) mass is 225 g/mol. The van der Waals surface area contributed by atoms with Crippen molar-refractivity contribution in [2.75, 3.05) is 13.6 Å². The van der Waals surface area contributed by atoms with Crippen LogP contribution in [0.25, 0.3) is 10.1 Å². The highest BCUT2D eigenvalue weighted by Gasteiger charge is 2.03. The molecular weight excluding hydrogens is 214 g/mol. The molecule has 2 rings (SSSR count). The molecule has 0 aliphatic rings. The van der Waals surface area contributed by atoms with Gasteiger partial charge >= 0.3 is 0 Å². The topological polar surface area (TPSA) is 12.0 Å². The lowest BCUT2D eigenvalue weighted by molar-refractivity contribution is 0.796. The number of nitrogens with one attached hydrogen (secondary N) is 1. The Morgan fingerprint density at radius 3 is 3.07 bits per heavy atom. The fourth-order valence-electron chi connectivity index (χ4n) is 1.51. The molecule has 0 fully saturated rings. The van der Waals surface area contributed by atoms with Gasteiger partial charge in [0.25, 0.3) is 0 Å². The number of fused-ring (bicyclic) bond motifs is 1. The van der Waals surface area contributed by atoms with Gasteiger partial charge in [0, 0.05) is 9.72 Å². The smallest absolute Gasteiger partial charge is 0.0413 e. The van der Waals surface area contributed by atoms with Crippen LogP contribution in [0.3, 0.4) is 0 Å². The number of likely N-dealkylation sites (N-methyl/N-ethyl adjacent to an activating group) is 1. The number of benzene rings is 1. The molecule has 0 spiro atoms. The quantitative estimate of drug-likeness (QED) is 0.845. The molecule has 0 saturated carbocycles. The summed E-state index contributed by atoms with van der Waals surface area (Å²) in [7, 11) is 1.97. The number of halogens is 1. The molecule has 0 atom stereocenters. The molecular formula is C11H12ClNS. The first-order chi connectivity index (χ1) is 6.81. The number of hydrogen-bond donors (Lipinski definition) is 1. The highest BCUT2D eigenvalue weighted by molar-refractivity contribution is 7.17. The standard InChI is InChI=1S/C11H12ClNS/c1-13-5-4-8-7-14-11-3-2-9(12)6-10(8)11/h2-3,6-7,13H,4-5H2,1H3. The molecule has 0 amide bonds. The summed E-state index contributed by atoms with van der Waals surface area (Å²) in [6, 6.07) is 6.09. The van der Waals surface area contributed by atoms with Crippen molar-refractivity contribution in [3.05, 3.63) is 34.2 Å². The van der Waals surface area contributed by atoms with Crippen molar-refractivity contribution in [3.63, 3.8) is 0 Å². The zero-order valence-electron chi connectivity index (χ0n) is 8.01. The second-order valence-electron chi connectivity index (χ2n) is 3.25. The third kappa shape index (κ3) is 1.92. The Labute approximate surface area is 92.7 Å². The molecule has 1 N–H and O–H groups in total. The van der Waals surface area contributed by atoms with E-state index in [1.807, 2.05) is 13.1 Å². The van der Waals surface area contributed by atoms with Crippen molar-refractivity contribution in [2.45, 2.75) is 6.42 Å². The molecule has 0 saturated heterocycles. The van der Waals surface area contributed by atoms with E-state index in [2.05, 4.69) is 22.8 Å². The van der Waals surface area contributed by atoms with Crippen molar-refractivity contribution in [1.29, 1.82) is 0 Å². The van der Waals surface area contributed by atoms with E-state index in [9.17, 15) is 0 Å². The maximum Gasteiger partial charge on any atom is 0.0413 e. The molecule has 2 aromatic rings. The Hall–Kier alpha value is -0.570. The van der Waals surface area contributed by atoms with Gasteiger partial charge in [0.15, 0.2) is 0 Å². The molecule has 3 heteroatoms. The minimum atomic E-state index is 0.821. The van der Waals surface area contributed by atoms with Gasteiger partial charge in [0.2, 0.25) is 0 Å². The van der Waals surface area contributed by atoms with Gasteiger partial charge in [-0.25, -0.2) is 0 Å². The molecule has 0 aliphatic carbocycles. The summed E-state index contributed by atoms with van der Waals surface area (Å²) in [5.74, 6) is 0. The van der Waals surface area contributed by atoms with Gasteiger partial charge < -0.3 is 5.32 Å². The second kappa shape index (κ2) is 4.30. The molecule has 1 nitrogen and oxygen atoms in total. The normalized spacial score (nSPS) is 11.0. The van der Waals surface area contributed by atoms with Gasteiger partial charge in [-0.15, -0.1) is 11.3 Å². The average Bonchev–Trinajstić information content (AvgIpc) is 2.57. The van der Waals surface area contributed by atoms with Gasteiger partial charge in [0.05, 0.1) is 0 Å². The second-order valence-corrected chi connectivity index (χ2v) is 4.60. The van der Waals surface area contributed by atoms with Gasteiger partial charge in [-0.2, -0.15) is 0 Å². The van der Waals surface area contributed by atoms with Gasteiger partial charge in [-0.1, -0.05) is 11.6 Å². The van der Waals surface area contributed by atoms with E-state index in [1.165, 1.54) is 15.6 Å². The molecule has 14 heavy (non-hydrogen) atoms. The highest BCUT2D eigenvalue weighted by Crippen LogP contribution is 2.28. The van der Waals surface area contributed by atoms with E-state index in [0.717, 1.165) is 18.0 Å². The molecule has 0 aliphatic heterocycles. The SMILES string of the molecule is CNCCc1csc2ccc(Cl)cc12. The predicted molar refractivity (Wildman–Crippen MR) is 64.5 cm³/mol. The van der Waals surface area contributed by atoms with Gasteiger partial charge in [-0.05, 0) is 54.5 Å². The van der Waals surface area contributed by atoms with E-state index < -0.39 is 0 Å². The first kappa shape index (κ1) is 9.97. The minimum Gasteiger partial charge on any atom is -0.319 e. The third-order valence-corrected chi connectivity index (χ3v) is 3.51. The fourth-order valence-corrected chi connectivity index (χ4v) is 2.66.